The number of hydrogen-bond donors (Lipinski definition) is 1. The van der Waals surface area contributed by atoms with Gasteiger partial charge in [0.2, 0.25) is 0 Å². The monoisotopic (exact) mass is 399 g/mol. The minimum Gasteiger partial charge on any atom is -0.279 e. The molecule has 0 saturated heterocycles. The number of aryl methyl sites for hydroxylation is 1. The first-order valence-electron chi connectivity index (χ1n) is 5.03. The summed E-state index contributed by atoms with van der Waals surface area (Å²) in [5, 5.41) is 0. The van der Waals surface area contributed by atoms with Crippen molar-refractivity contribution in [1.82, 2.24) is 0 Å². The Balaban J connectivity index is 2.42. The lowest BCUT2D eigenvalue weighted by atomic mass is 10.2. The van der Waals surface area contributed by atoms with E-state index in [-0.39, 0.29) is 9.23 Å². The van der Waals surface area contributed by atoms with Crippen LogP contribution in [-0.2, 0) is 10.0 Å². The Hall–Kier alpha value is -0.270. The topological polar surface area (TPSA) is 46.2 Å². The fourth-order valence-corrected chi connectivity index (χ4v) is 5.05. The Morgan fingerprint density at radius 3 is 2.53 bits per heavy atom. The first-order chi connectivity index (χ1) is 8.79. The summed E-state index contributed by atoms with van der Waals surface area (Å²) in [6, 6.07) is 6.67. The van der Waals surface area contributed by atoms with Crippen molar-refractivity contribution in [3.05, 3.63) is 43.0 Å². The largest absolute Gasteiger partial charge is 0.279 e. The third-order valence-corrected chi connectivity index (χ3v) is 5.97. The van der Waals surface area contributed by atoms with Gasteiger partial charge in [-0.1, -0.05) is 45.2 Å². The average Bonchev–Trinajstić information content (AvgIpc) is 2.63. The standard InChI is InChI=1S/C11H8BrCl2NO2S2/c1-6-2-3-7(12)4-8(6)15-19(16,17)9-5-10(13)18-11(9)14/h2-5,15H,1H3. The average molecular weight is 401 g/mol. The van der Waals surface area contributed by atoms with Crippen LogP contribution in [0.3, 0.4) is 0 Å². The van der Waals surface area contributed by atoms with E-state index in [9.17, 15) is 8.42 Å². The minimum atomic E-state index is -3.74. The molecule has 0 unspecified atom stereocenters. The Morgan fingerprint density at radius 2 is 1.95 bits per heavy atom. The van der Waals surface area contributed by atoms with Gasteiger partial charge in [0.05, 0.1) is 10.0 Å². The molecule has 0 bridgehead atoms. The number of sulfonamides is 1. The molecule has 0 spiro atoms. The summed E-state index contributed by atoms with van der Waals surface area (Å²) in [5.74, 6) is 0. The lowest BCUT2D eigenvalue weighted by Gasteiger charge is -2.10. The highest BCUT2D eigenvalue weighted by atomic mass is 79.9. The Morgan fingerprint density at radius 1 is 1.26 bits per heavy atom. The fraction of sp³-hybridized carbons (Fsp3) is 0.0909. The molecular weight excluding hydrogens is 393 g/mol. The lowest BCUT2D eigenvalue weighted by Crippen LogP contribution is -2.13. The van der Waals surface area contributed by atoms with Gasteiger partial charge in [-0.3, -0.25) is 4.72 Å². The number of benzene rings is 1. The number of anilines is 1. The zero-order valence-corrected chi connectivity index (χ0v) is 14.3. The van der Waals surface area contributed by atoms with Gasteiger partial charge < -0.3 is 0 Å². The van der Waals surface area contributed by atoms with Crippen molar-refractivity contribution in [3.8, 4) is 0 Å². The molecule has 0 fully saturated rings. The second kappa shape index (κ2) is 5.61. The molecule has 1 N–H and O–H groups in total. The quantitative estimate of drug-likeness (QED) is 0.793. The SMILES string of the molecule is Cc1ccc(Br)cc1NS(=O)(=O)c1cc(Cl)sc1Cl. The van der Waals surface area contributed by atoms with Crippen LogP contribution in [0.15, 0.2) is 33.6 Å². The van der Waals surface area contributed by atoms with Crippen molar-refractivity contribution < 1.29 is 8.42 Å². The maximum Gasteiger partial charge on any atom is 0.264 e. The molecule has 2 aromatic rings. The highest BCUT2D eigenvalue weighted by Gasteiger charge is 2.21. The van der Waals surface area contributed by atoms with E-state index in [1.165, 1.54) is 6.07 Å². The summed E-state index contributed by atoms with van der Waals surface area (Å²) in [7, 11) is -3.74. The summed E-state index contributed by atoms with van der Waals surface area (Å²) < 4.78 is 28.2. The van der Waals surface area contributed by atoms with E-state index in [0.29, 0.717) is 10.0 Å². The van der Waals surface area contributed by atoms with Crippen LogP contribution in [0, 0.1) is 6.92 Å². The fourth-order valence-electron chi connectivity index (χ4n) is 1.41. The van der Waals surface area contributed by atoms with E-state index in [4.69, 9.17) is 23.2 Å². The predicted octanol–water partition coefficient (Wildman–Crippen LogP) is 4.93. The Kier molecular flexibility index (Phi) is 4.47. The molecule has 0 aliphatic rings. The first kappa shape index (κ1) is 15.1. The number of halogens is 3. The second-order valence-corrected chi connectivity index (χ2v) is 8.61. The molecule has 8 heteroatoms. The maximum atomic E-state index is 12.2. The van der Waals surface area contributed by atoms with Gasteiger partial charge in [0, 0.05) is 4.47 Å². The molecule has 0 atom stereocenters. The molecule has 1 aromatic carbocycles. The molecule has 19 heavy (non-hydrogen) atoms. The van der Waals surface area contributed by atoms with Crippen molar-refractivity contribution in [2.45, 2.75) is 11.8 Å². The molecule has 3 nitrogen and oxygen atoms in total. The number of nitrogens with one attached hydrogen (secondary N) is 1. The third-order valence-electron chi connectivity index (χ3n) is 2.36. The van der Waals surface area contributed by atoms with Gasteiger partial charge in [0.25, 0.3) is 10.0 Å². The van der Waals surface area contributed by atoms with Crippen molar-refractivity contribution in [1.29, 1.82) is 0 Å². The first-order valence-corrected chi connectivity index (χ1v) is 8.88. The van der Waals surface area contributed by atoms with Crippen molar-refractivity contribution in [3.63, 3.8) is 0 Å². The molecule has 102 valence electrons. The van der Waals surface area contributed by atoms with Gasteiger partial charge >= 0.3 is 0 Å². The second-order valence-electron chi connectivity index (χ2n) is 3.75. The van der Waals surface area contributed by atoms with E-state index < -0.39 is 10.0 Å². The number of thiophene rings is 1. The van der Waals surface area contributed by atoms with Crippen molar-refractivity contribution in [2.24, 2.45) is 0 Å². The summed E-state index contributed by atoms with van der Waals surface area (Å²) in [4.78, 5) is -0.0106. The van der Waals surface area contributed by atoms with E-state index in [1.807, 2.05) is 19.1 Å². The maximum absolute atomic E-state index is 12.2. The highest BCUT2D eigenvalue weighted by Crippen LogP contribution is 2.35. The Bertz CT molecular complexity index is 728. The van der Waals surface area contributed by atoms with Crippen LogP contribution in [0.5, 0.6) is 0 Å². The number of hydrogen-bond acceptors (Lipinski definition) is 3. The molecule has 1 aromatic heterocycles. The third kappa shape index (κ3) is 3.44. The van der Waals surface area contributed by atoms with Crippen LogP contribution in [-0.4, -0.2) is 8.42 Å². The minimum absolute atomic E-state index is 0.0106. The van der Waals surface area contributed by atoms with E-state index >= 15 is 0 Å². The lowest BCUT2D eigenvalue weighted by molar-refractivity contribution is 0.601. The highest BCUT2D eigenvalue weighted by molar-refractivity contribution is 9.10. The molecule has 0 radical (unpaired) electrons. The molecular formula is C11H8BrCl2NO2S2. The van der Waals surface area contributed by atoms with Gasteiger partial charge in [-0.15, -0.1) is 11.3 Å². The van der Waals surface area contributed by atoms with Gasteiger partial charge in [-0.25, -0.2) is 8.42 Å². The van der Waals surface area contributed by atoms with Crippen LogP contribution < -0.4 is 4.72 Å². The molecule has 0 aliphatic heterocycles. The van der Waals surface area contributed by atoms with Crippen LogP contribution >= 0.6 is 50.5 Å². The summed E-state index contributed by atoms with van der Waals surface area (Å²) in [6.07, 6.45) is 0. The van der Waals surface area contributed by atoms with Crippen LogP contribution in [0.25, 0.3) is 0 Å². The van der Waals surface area contributed by atoms with Gasteiger partial charge in [-0.05, 0) is 30.7 Å². The molecule has 0 saturated carbocycles. The van der Waals surface area contributed by atoms with Crippen LogP contribution in [0.4, 0.5) is 5.69 Å². The summed E-state index contributed by atoms with van der Waals surface area (Å²) in [6.45, 7) is 1.81. The van der Waals surface area contributed by atoms with E-state index in [2.05, 4.69) is 20.7 Å². The van der Waals surface area contributed by atoms with Gasteiger partial charge in [0.15, 0.2) is 0 Å². The van der Waals surface area contributed by atoms with Crippen molar-refractivity contribution in [2.75, 3.05) is 4.72 Å². The van der Waals surface area contributed by atoms with Crippen LogP contribution in [0.1, 0.15) is 5.56 Å². The smallest absolute Gasteiger partial charge is 0.264 e. The van der Waals surface area contributed by atoms with E-state index in [0.717, 1.165) is 21.4 Å². The number of rotatable bonds is 3. The Labute approximate surface area is 133 Å². The predicted molar refractivity (Wildman–Crippen MR) is 84.0 cm³/mol. The molecule has 2 rings (SSSR count). The molecule has 0 aliphatic carbocycles. The van der Waals surface area contributed by atoms with Crippen molar-refractivity contribution >= 4 is 66.2 Å². The van der Waals surface area contributed by atoms with Gasteiger partial charge in [0.1, 0.15) is 9.23 Å². The van der Waals surface area contributed by atoms with E-state index in [1.54, 1.807) is 6.07 Å². The summed E-state index contributed by atoms with van der Waals surface area (Å²) >= 11 is 16.0. The molecule has 0 amide bonds. The van der Waals surface area contributed by atoms with Gasteiger partial charge in [-0.2, -0.15) is 0 Å². The zero-order valence-electron chi connectivity index (χ0n) is 9.58. The normalized spacial score (nSPS) is 11.6. The van der Waals surface area contributed by atoms with Crippen LogP contribution in [0.2, 0.25) is 8.67 Å². The summed E-state index contributed by atoms with van der Waals surface area (Å²) in [5.41, 5.74) is 1.30. The molecule has 1 heterocycles. The zero-order chi connectivity index (χ0) is 14.2.